The van der Waals surface area contributed by atoms with Gasteiger partial charge < -0.3 is 0 Å². The summed E-state index contributed by atoms with van der Waals surface area (Å²) in [6.45, 7) is 4.75. The molecule has 2 atom stereocenters. The van der Waals surface area contributed by atoms with E-state index in [2.05, 4.69) is 29.0 Å². The lowest BCUT2D eigenvalue weighted by atomic mass is 9.40. The van der Waals surface area contributed by atoms with Gasteiger partial charge in [0.15, 0.2) is 0 Å². The lowest BCUT2D eigenvalue weighted by Gasteiger charge is -2.64. The van der Waals surface area contributed by atoms with Crippen LogP contribution in [0.3, 0.4) is 0 Å². The first kappa shape index (κ1) is 13.7. The van der Waals surface area contributed by atoms with E-state index in [1.54, 1.807) is 0 Å². The maximum Gasteiger partial charge on any atom is 0.282 e. The zero-order valence-corrected chi connectivity index (χ0v) is 13.3. The van der Waals surface area contributed by atoms with Gasteiger partial charge in [-0.25, -0.2) is 18.5 Å². The van der Waals surface area contributed by atoms with Gasteiger partial charge in [0.2, 0.25) is 0 Å². The topological polar surface area (TPSA) is 102 Å². The van der Waals surface area contributed by atoms with Gasteiger partial charge in [0, 0.05) is 5.41 Å². The Morgan fingerprint density at radius 3 is 2.24 bits per heavy atom. The molecule has 7 heteroatoms. The van der Waals surface area contributed by atoms with E-state index in [1.807, 2.05) is 0 Å². The minimum absolute atomic E-state index is 0.0428. The number of nitrogens with two attached hydrogens (primary N) is 1. The number of nitrogens with zero attached hydrogens (tertiary/aromatic N) is 2. The van der Waals surface area contributed by atoms with Crippen LogP contribution >= 0.6 is 0 Å². The Bertz CT molecular complexity index is 692. The summed E-state index contributed by atoms with van der Waals surface area (Å²) in [6.07, 6.45) is 7.10. The molecule has 3 N–H and O–H groups in total. The van der Waals surface area contributed by atoms with Crippen molar-refractivity contribution in [1.29, 1.82) is 0 Å². The van der Waals surface area contributed by atoms with Crippen LogP contribution in [0.15, 0.2) is 5.16 Å². The molecule has 4 bridgehead atoms. The highest BCUT2D eigenvalue weighted by molar-refractivity contribution is 7.89. The summed E-state index contributed by atoms with van der Waals surface area (Å²) in [5.41, 5.74) is 0.657. The molecule has 0 aromatic carbocycles. The fourth-order valence-electron chi connectivity index (χ4n) is 6.32. The summed E-state index contributed by atoms with van der Waals surface area (Å²) in [7, 11) is -3.84. The van der Waals surface area contributed by atoms with Crippen molar-refractivity contribution in [1.82, 2.24) is 15.2 Å². The molecule has 1 aromatic rings. The third-order valence-electron chi connectivity index (χ3n) is 5.85. The van der Waals surface area contributed by atoms with Crippen LogP contribution in [0.5, 0.6) is 0 Å². The Labute approximate surface area is 125 Å². The van der Waals surface area contributed by atoms with Crippen molar-refractivity contribution in [3.8, 4) is 0 Å². The Balaban J connectivity index is 1.79. The molecule has 5 rings (SSSR count). The van der Waals surface area contributed by atoms with E-state index < -0.39 is 10.0 Å². The molecule has 2 unspecified atom stereocenters. The van der Waals surface area contributed by atoms with Crippen LogP contribution in [0, 0.1) is 16.7 Å². The van der Waals surface area contributed by atoms with Crippen LogP contribution in [0.2, 0.25) is 0 Å². The van der Waals surface area contributed by atoms with E-state index in [4.69, 9.17) is 5.14 Å². The Morgan fingerprint density at radius 2 is 1.76 bits per heavy atom. The van der Waals surface area contributed by atoms with Crippen LogP contribution in [0.25, 0.3) is 0 Å². The highest BCUT2D eigenvalue weighted by atomic mass is 32.2. The molecule has 6 nitrogen and oxygen atoms in total. The molecule has 4 aliphatic carbocycles. The van der Waals surface area contributed by atoms with Crippen LogP contribution < -0.4 is 5.14 Å². The fraction of sp³-hybridized carbons (Fsp3) is 0.857. The maximum atomic E-state index is 11.4. The smallest absolute Gasteiger partial charge is 0.261 e. The molecule has 0 radical (unpaired) electrons. The van der Waals surface area contributed by atoms with Crippen molar-refractivity contribution in [3.63, 3.8) is 0 Å². The lowest BCUT2D eigenvalue weighted by Crippen LogP contribution is -2.57. The second-order valence-electron chi connectivity index (χ2n) is 8.42. The van der Waals surface area contributed by atoms with Crippen LogP contribution in [0.4, 0.5) is 0 Å². The molecule has 4 fully saturated rings. The number of rotatable bonds is 2. The first-order valence-corrected chi connectivity index (χ1v) is 9.12. The third-order valence-corrected chi connectivity index (χ3v) is 6.54. The first-order valence-electron chi connectivity index (χ1n) is 7.57. The van der Waals surface area contributed by atoms with Crippen molar-refractivity contribution in [3.05, 3.63) is 5.82 Å². The molecule has 4 aliphatic rings. The summed E-state index contributed by atoms with van der Waals surface area (Å²) in [6, 6.07) is 0. The molecule has 0 aliphatic heterocycles. The summed E-state index contributed by atoms with van der Waals surface area (Å²) in [4.78, 5) is 4.25. The quantitative estimate of drug-likeness (QED) is 0.868. The zero-order chi connectivity index (χ0) is 15.1. The van der Waals surface area contributed by atoms with Crippen molar-refractivity contribution in [2.24, 2.45) is 21.9 Å². The molecule has 116 valence electrons. The zero-order valence-electron chi connectivity index (χ0n) is 12.5. The minimum Gasteiger partial charge on any atom is -0.261 e. The van der Waals surface area contributed by atoms with Crippen LogP contribution in [-0.4, -0.2) is 23.6 Å². The van der Waals surface area contributed by atoms with Gasteiger partial charge >= 0.3 is 0 Å². The number of hydrogen-bond acceptors (Lipinski definition) is 4. The van der Waals surface area contributed by atoms with Gasteiger partial charge in [-0.05, 0) is 55.3 Å². The van der Waals surface area contributed by atoms with E-state index in [0.717, 1.165) is 31.0 Å². The predicted octanol–water partition coefficient (Wildman–Crippen LogP) is 1.70. The average Bonchev–Trinajstić information content (AvgIpc) is 2.71. The van der Waals surface area contributed by atoms with E-state index in [9.17, 15) is 8.42 Å². The summed E-state index contributed by atoms with van der Waals surface area (Å²) in [5, 5.41) is 11.6. The molecule has 4 saturated carbocycles. The average molecular weight is 310 g/mol. The highest BCUT2D eigenvalue weighted by Gasteiger charge is 2.61. The Hall–Kier alpha value is -0.950. The van der Waals surface area contributed by atoms with Gasteiger partial charge in [-0.3, -0.25) is 5.10 Å². The van der Waals surface area contributed by atoms with Crippen molar-refractivity contribution in [2.75, 3.05) is 0 Å². The molecule has 0 spiro atoms. The third kappa shape index (κ3) is 1.97. The van der Waals surface area contributed by atoms with Crippen LogP contribution in [-0.2, 0) is 15.4 Å². The number of sulfonamides is 1. The number of aromatic amines is 1. The van der Waals surface area contributed by atoms with Crippen molar-refractivity contribution < 1.29 is 8.42 Å². The molecule has 1 aromatic heterocycles. The number of primary sulfonamides is 1. The van der Waals surface area contributed by atoms with E-state index in [1.165, 1.54) is 19.3 Å². The van der Waals surface area contributed by atoms with Crippen molar-refractivity contribution >= 4 is 10.0 Å². The molecule has 1 heterocycles. The molecular formula is C14H22N4O2S. The molecule has 0 saturated heterocycles. The van der Waals surface area contributed by atoms with Gasteiger partial charge in [-0.1, -0.05) is 13.8 Å². The minimum atomic E-state index is -3.84. The summed E-state index contributed by atoms with van der Waals surface area (Å²) < 4.78 is 22.9. The van der Waals surface area contributed by atoms with Crippen LogP contribution in [0.1, 0.15) is 58.2 Å². The van der Waals surface area contributed by atoms with Gasteiger partial charge in [0.25, 0.3) is 15.2 Å². The highest BCUT2D eigenvalue weighted by Crippen LogP contribution is 2.69. The first-order chi connectivity index (χ1) is 9.62. The van der Waals surface area contributed by atoms with Gasteiger partial charge in [0.1, 0.15) is 5.82 Å². The molecule has 0 amide bonds. The Kier molecular flexibility index (Phi) is 2.40. The maximum absolute atomic E-state index is 11.4. The second kappa shape index (κ2) is 3.68. The largest absolute Gasteiger partial charge is 0.282 e. The summed E-state index contributed by atoms with van der Waals surface area (Å²) in [5.74, 6) is 1.45. The normalized spacial score (nSPS) is 45.2. The monoisotopic (exact) mass is 310 g/mol. The molecular weight excluding hydrogens is 288 g/mol. The lowest BCUT2D eigenvalue weighted by molar-refractivity contribution is -0.112. The molecule has 21 heavy (non-hydrogen) atoms. The Morgan fingerprint density at radius 1 is 1.14 bits per heavy atom. The van der Waals surface area contributed by atoms with E-state index in [-0.39, 0.29) is 10.6 Å². The van der Waals surface area contributed by atoms with Gasteiger partial charge in [-0.2, -0.15) is 0 Å². The summed E-state index contributed by atoms with van der Waals surface area (Å²) >= 11 is 0. The van der Waals surface area contributed by atoms with Gasteiger partial charge in [-0.15, -0.1) is 5.10 Å². The van der Waals surface area contributed by atoms with E-state index >= 15 is 0 Å². The predicted molar refractivity (Wildman–Crippen MR) is 76.8 cm³/mol. The van der Waals surface area contributed by atoms with Gasteiger partial charge in [0.05, 0.1) is 0 Å². The van der Waals surface area contributed by atoms with Crippen molar-refractivity contribution in [2.45, 2.75) is 62.9 Å². The standard InChI is InChI=1S/C14H22N4O2S/c1-12-3-9-4-13(2,6-12)8-14(5-9,7-12)10-16-11(18-17-10)21(15,19)20/h9H,3-8H2,1-2H3,(H2,15,19,20)(H,16,17,18). The second-order valence-corrected chi connectivity index (χ2v) is 9.88. The van der Waals surface area contributed by atoms with E-state index in [0.29, 0.717) is 10.8 Å². The number of nitrogens with one attached hydrogen (secondary N) is 1. The fourth-order valence-corrected chi connectivity index (χ4v) is 6.71. The SMILES string of the molecule is CC12CC3CC(C)(C1)CC(c1nc(S(N)(=O)=O)n[nH]1)(C3)C2. The number of aromatic nitrogens is 3. The number of hydrogen-bond donors (Lipinski definition) is 2. The number of H-pyrrole nitrogens is 1.